The van der Waals surface area contributed by atoms with Crippen molar-refractivity contribution in [2.45, 2.75) is 71.3 Å². The zero-order valence-corrected chi connectivity index (χ0v) is 18.5. The maximum Gasteiger partial charge on any atom is 0.273 e. The van der Waals surface area contributed by atoms with E-state index in [0.717, 1.165) is 31.2 Å². The number of nitriles is 1. The van der Waals surface area contributed by atoms with Gasteiger partial charge in [-0.15, -0.1) is 0 Å². The van der Waals surface area contributed by atoms with Crippen LogP contribution in [0.1, 0.15) is 80.4 Å². The van der Waals surface area contributed by atoms with E-state index in [9.17, 15) is 19.6 Å². The van der Waals surface area contributed by atoms with Gasteiger partial charge in [0.05, 0.1) is 11.3 Å². The second-order valence-corrected chi connectivity index (χ2v) is 8.65. The molecule has 1 amide bonds. The molecule has 31 heavy (non-hydrogen) atoms. The molecule has 2 N–H and O–H groups in total. The Balaban J connectivity index is 1.88. The number of rotatable bonds is 7. The summed E-state index contributed by atoms with van der Waals surface area (Å²) in [5.74, 6) is 0.0313. The standard InChI is InChI=1S/C24H31FN4O2/c1-4-6-17-7-8-19(18(25)13-17)29-20(14-26)22(28-21(29)5-2)23(30)27-15-24(31)11-9-16(3)10-12-24/h7-8,13,16,31H,4-6,9-12,15H2,1-3H3,(H,27,30). The Hall–Kier alpha value is -2.72. The van der Waals surface area contributed by atoms with Crippen molar-refractivity contribution in [3.05, 3.63) is 46.8 Å². The molecule has 0 bridgehead atoms. The van der Waals surface area contributed by atoms with E-state index >= 15 is 0 Å². The highest BCUT2D eigenvalue weighted by atomic mass is 19.1. The quantitative estimate of drug-likeness (QED) is 0.698. The number of nitrogens with one attached hydrogen (secondary N) is 1. The molecule has 7 heteroatoms. The van der Waals surface area contributed by atoms with Crippen LogP contribution in [0.15, 0.2) is 18.2 Å². The van der Waals surface area contributed by atoms with E-state index in [2.05, 4.69) is 17.2 Å². The third-order valence-corrected chi connectivity index (χ3v) is 6.16. The monoisotopic (exact) mass is 426 g/mol. The molecule has 1 aromatic carbocycles. The van der Waals surface area contributed by atoms with E-state index in [1.165, 1.54) is 10.6 Å². The van der Waals surface area contributed by atoms with Gasteiger partial charge in [0.15, 0.2) is 11.4 Å². The minimum atomic E-state index is -0.938. The molecule has 2 aromatic rings. The Labute approximate surface area is 183 Å². The summed E-state index contributed by atoms with van der Waals surface area (Å²) in [6, 6.07) is 6.97. The summed E-state index contributed by atoms with van der Waals surface area (Å²) in [5, 5.41) is 23.3. The van der Waals surface area contributed by atoms with Crippen LogP contribution >= 0.6 is 0 Å². The summed E-state index contributed by atoms with van der Waals surface area (Å²) >= 11 is 0. The first kappa shape index (κ1) is 23.0. The largest absolute Gasteiger partial charge is 0.388 e. The van der Waals surface area contributed by atoms with Crippen molar-refractivity contribution in [3.8, 4) is 11.8 Å². The molecule has 3 rings (SSSR count). The molecule has 1 aliphatic carbocycles. The average molecular weight is 427 g/mol. The zero-order chi connectivity index (χ0) is 22.6. The van der Waals surface area contributed by atoms with Gasteiger partial charge in [0.25, 0.3) is 5.91 Å². The van der Waals surface area contributed by atoms with Crippen LogP contribution in [0.25, 0.3) is 5.69 Å². The molecular weight excluding hydrogens is 395 g/mol. The molecule has 6 nitrogen and oxygen atoms in total. The van der Waals surface area contributed by atoms with Gasteiger partial charge >= 0.3 is 0 Å². The highest BCUT2D eigenvalue weighted by Crippen LogP contribution is 2.31. The fraction of sp³-hybridized carbons (Fsp3) is 0.542. The number of aryl methyl sites for hydroxylation is 2. The maximum absolute atomic E-state index is 14.9. The molecule has 1 aromatic heterocycles. The smallest absolute Gasteiger partial charge is 0.273 e. The molecule has 0 radical (unpaired) electrons. The van der Waals surface area contributed by atoms with Crippen molar-refractivity contribution in [1.29, 1.82) is 5.26 Å². The number of halogens is 1. The number of hydrogen-bond acceptors (Lipinski definition) is 4. The van der Waals surface area contributed by atoms with Gasteiger partial charge < -0.3 is 10.4 Å². The van der Waals surface area contributed by atoms with Crippen LogP contribution in [0.4, 0.5) is 4.39 Å². The Morgan fingerprint density at radius 2 is 2.10 bits per heavy atom. The minimum absolute atomic E-state index is 0.000692. The van der Waals surface area contributed by atoms with Gasteiger partial charge in [-0.25, -0.2) is 9.37 Å². The van der Waals surface area contributed by atoms with Gasteiger partial charge in [0.2, 0.25) is 0 Å². The Morgan fingerprint density at radius 3 is 2.68 bits per heavy atom. The van der Waals surface area contributed by atoms with Gasteiger partial charge in [-0.05, 0) is 55.7 Å². The van der Waals surface area contributed by atoms with Crippen molar-refractivity contribution in [1.82, 2.24) is 14.9 Å². The number of amides is 1. The topological polar surface area (TPSA) is 90.9 Å². The lowest BCUT2D eigenvalue weighted by atomic mass is 9.79. The summed E-state index contributed by atoms with van der Waals surface area (Å²) in [6.07, 6.45) is 5.19. The average Bonchev–Trinajstić information content (AvgIpc) is 3.13. The van der Waals surface area contributed by atoms with Gasteiger partial charge in [-0.1, -0.05) is 33.3 Å². The van der Waals surface area contributed by atoms with Gasteiger partial charge in [-0.3, -0.25) is 9.36 Å². The Morgan fingerprint density at radius 1 is 1.39 bits per heavy atom. The third-order valence-electron chi connectivity index (χ3n) is 6.16. The molecular formula is C24H31FN4O2. The zero-order valence-electron chi connectivity index (χ0n) is 18.5. The fourth-order valence-corrected chi connectivity index (χ4v) is 4.21. The number of carbonyl (C=O) groups excluding carboxylic acids is 1. The van der Waals surface area contributed by atoms with Crippen LogP contribution in [-0.2, 0) is 12.8 Å². The number of imidazole rings is 1. The number of nitrogens with zero attached hydrogens (tertiary/aromatic N) is 3. The van der Waals surface area contributed by atoms with Gasteiger partial charge in [0, 0.05) is 13.0 Å². The maximum atomic E-state index is 14.9. The number of benzene rings is 1. The van der Waals surface area contributed by atoms with Gasteiger partial charge in [0.1, 0.15) is 17.7 Å². The molecule has 1 saturated carbocycles. The summed E-state index contributed by atoms with van der Waals surface area (Å²) in [5.41, 5.74) is 0.116. The second-order valence-electron chi connectivity index (χ2n) is 8.65. The van der Waals surface area contributed by atoms with Crippen LogP contribution in [0, 0.1) is 23.1 Å². The highest BCUT2D eigenvalue weighted by molar-refractivity contribution is 5.94. The number of carbonyl (C=O) groups is 1. The summed E-state index contributed by atoms with van der Waals surface area (Å²) in [4.78, 5) is 17.2. The van der Waals surface area contributed by atoms with E-state index in [1.54, 1.807) is 6.07 Å². The summed E-state index contributed by atoms with van der Waals surface area (Å²) in [6.45, 7) is 6.14. The molecule has 1 fully saturated rings. The first-order valence-electron chi connectivity index (χ1n) is 11.1. The number of aromatic nitrogens is 2. The van der Waals surface area contributed by atoms with Crippen molar-refractivity contribution < 1.29 is 14.3 Å². The van der Waals surface area contributed by atoms with Gasteiger partial charge in [-0.2, -0.15) is 5.26 Å². The van der Waals surface area contributed by atoms with E-state index in [4.69, 9.17) is 0 Å². The molecule has 0 spiro atoms. The first-order chi connectivity index (χ1) is 14.8. The lowest BCUT2D eigenvalue weighted by molar-refractivity contribution is -0.00543. The molecule has 0 atom stereocenters. The molecule has 0 unspecified atom stereocenters. The van der Waals surface area contributed by atoms with E-state index in [1.807, 2.05) is 26.0 Å². The molecule has 1 aliphatic rings. The van der Waals surface area contributed by atoms with Crippen LogP contribution in [0.3, 0.4) is 0 Å². The normalized spacial score (nSPS) is 21.0. The first-order valence-corrected chi connectivity index (χ1v) is 11.1. The Kier molecular flexibility index (Phi) is 7.11. The third kappa shape index (κ3) is 4.96. The van der Waals surface area contributed by atoms with Crippen molar-refractivity contribution in [2.75, 3.05) is 6.54 Å². The van der Waals surface area contributed by atoms with Crippen molar-refractivity contribution in [3.63, 3.8) is 0 Å². The highest BCUT2D eigenvalue weighted by Gasteiger charge is 2.33. The van der Waals surface area contributed by atoms with Crippen molar-refractivity contribution in [2.24, 2.45) is 5.92 Å². The molecule has 1 heterocycles. The molecule has 0 aliphatic heterocycles. The van der Waals surface area contributed by atoms with Crippen LogP contribution in [-0.4, -0.2) is 32.7 Å². The van der Waals surface area contributed by atoms with Crippen LogP contribution < -0.4 is 5.32 Å². The fourth-order valence-electron chi connectivity index (χ4n) is 4.21. The minimum Gasteiger partial charge on any atom is -0.388 e. The summed E-state index contributed by atoms with van der Waals surface area (Å²) in [7, 11) is 0. The molecule has 0 saturated heterocycles. The van der Waals surface area contributed by atoms with E-state index in [0.29, 0.717) is 31.0 Å². The predicted molar refractivity (Wildman–Crippen MR) is 117 cm³/mol. The Bertz CT molecular complexity index is 984. The van der Waals surface area contributed by atoms with E-state index in [-0.39, 0.29) is 23.6 Å². The molecule has 166 valence electrons. The predicted octanol–water partition coefficient (Wildman–Crippen LogP) is 4.07. The number of aliphatic hydroxyl groups is 1. The van der Waals surface area contributed by atoms with Crippen LogP contribution in [0.2, 0.25) is 0 Å². The van der Waals surface area contributed by atoms with Crippen LogP contribution in [0.5, 0.6) is 0 Å². The number of hydrogen-bond donors (Lipinski definition) is 2. The van der Waals surface area contributed by atoms with Crippen molar-refractivity contribution >= 4 is 5.91 Å². The second kappa shape index (κ2) is 9.61. The van der Waals surface area contributed by atoms with E-state index < -0.39 is 17.3 Å². The lowest BCUT2D eigenvalue weighted by Gasteiger charge is -2.34. The SMILES string of the molecule is CCCc1ccc(-n2c(CC)nc(C(=O)NCC3(O)CCC(C)CC3)c2C#N)c(F)c1. The lowest BCUT2D eigenvalue weighted by Crippen LogP contribution is -2.45. The summed E-state index contributed by atoms with van der Waals surface area (Å²) < 4.78 is 16.3.